The van der Waals surface area contributed by atoms with Gasteiger partial charge >= 0.3 is 0 Å². The van der Waals surface area contributed by atoms with Crippen molar-refractivity contribution in [1.82, 2.24) is 10.2 Å². The van der Waals surface area contributed by atoms with Crippen molar-refractivity contribution in [2.45, 2.75) is 32.9 Å². The lowest BCUT2D eigenvalue weighted by molar-refractivity contribution is -0.142. The van der Waals surface area contributed by atoms with Crippen LogP contribution in [0.15, 0.2) is 66.7 Å². The Hall–Kier alpha value is -2.73. The fourth-order valence-corrected chi connectivity index (χ4v) is 4.20. The smallest absolute Gasteiger partial charge is 0.261 e. The van der Waals surface area contributed by atoms with Gasteiger partial charge in [-0.25, -0.2) is 0 Å². The summed E-state index contributed by atoms with van der Waals surface area (Å²) in [4.78, 5) is 28.2. The topological polar surface area (TPSA) is 58.6 Å². The predicted molar refractivity (Wildman–Crippen MR) is 141 cm³/mol. The van der Waals surface area contributed by atoms with Crippen LogP contribution in [-0.2, 0) is 22.6 Å². The lowest BCUT2D eigenvalue weighted by Crippen LogP contribution is -2.51. The van der Waals surface area contributed by atoms with E-state index in [-0.39, 0.29) is 25.0 Å². The third kappa shape index (κ3) is 7.63. The molecule has 0 fully saturated rings. The number of carbonyl (C=O) groups excluding carboxylic acids is 2. The van der Waals surface area contributed by atoms with E-state index in [1.165, 1.54) is 4.90 Å². The third-order valence-electron chi connectivity index (χ3n) is 5.47. The highest BCUT2D eigenvalue weighted by Gasteiger charge is 2.31. The number of amides is 2. The molecule has 0 aromatic heterocycles. The van der Waals surface area contributed by atoms with Gasteiger partial charge in [-0.2, -0.15) is 0 Å². The molecule has 0 spiro atoms. The molecule has 0 saturated carbocycles. The van der Waals surface area contributed by atoms with Crippen molar-refractivity contribution in [1.29, 1.82) is 0 Å². The zero-order valence-electron chi connectivity index (χ0n) is 19.6. The number of ether oxygens (including phenoxy) is 1. The highest BCUT2D eigenvalue weighted by atomic mass is 35.5. The summed E-state index contributed by atoms with van der Waals surface area (Å²) in [6.45, 7) is 4.00. The molecule has 3 rings (SSSR count). The van der Waals surface area contributed by atoms with Gasteiger partial charge in [0.25, 0.3) is 5.91 Å². The van der Waals surface area contributed by atoms with Gasteiger partial charge in [-0.3, -0.25) is 9.59 Å². The fourth-order valence-electron chi connectivity index (χ4n) is 3.61. The van der Waals surface area contributed by atoms with Crippen LogP contribution in [0.25, 0.3) is 0 Å². The molecule has 3 aromatic rings. The third-order valence-corrected chi connectivity index (χ3v) is 6.48. The maximum atomic E-state index is 13.5. The van der Waals surface area contributed by atoms with Crippen LogP contribution in [-0.4, -0.2) is 35.9 Å². The van der Waals surface area contributed by atoms with Crippen molar-refractivity contribution in [2.24, 2.45) is 0 Å². The molecule has 2 amide bonds. The first kappa shape index (κ1) is 26.9. The summed E-state index contributed by atoms with van der Waals surface area (Å²) in [6, 6.07) is 19.1. The number of likely N-dealkylation sites (N-methyl/N-ethyl adjacent to an activating group) is 1. The monoisotopic (exact) mass is 532 g/mol. The lowest BCUT2D eigenvalue weighted by atomic mass is 10.0. The normalized spacial score (nSPS) is 11.6. The maximum Gasteiger partial charge on any atom is 0.261 e. The first-order valence-corrected chi connectivity index (χ1v) is 12.4. The number of halogens is 3. The molecule has 1 N–H and O–H groups in total. The Labute approximate surface area is 220 Å². The second kappa shape index (κ2) is 12.8. The number of hydrogen-bond acceptors (Lipinski definition) is 3. The summed E-state index contributed by atoms with van der Waals surface area (Å²) >= 11 is 18.6. The van der Waals surface area contributed by atoms with E-state index >= 15 is 0 Å². The summed E-state index contributed by atoms with van der Waals surface area (Å²) in [5.41, 5.74) is 2.44. The summed E-state index contributed by atoms with van der Waals surface area (Å²) in [5.74, 6) is -0.0877. The Morgan fingerprint density at radius 1 is 0.971 bits per heavy atom. The van der Waals surface area contributed by atoms with Crippen LogP contribution >= 0.6 is 34.8 Å². The van der Waals surface area contributed by atoms with Crippen LogP contribution in [0.3, 0.4) is 0 Å². The molecule has 1 atom stereocenters. The number of rotatable bonds is 10. The zero-order valence-corrected chi connectivity index (χ0v) is 21.8. The van der Waals surface area contributed by atoms with Crippen LogP contribution < -0.4 is 10.1 Å². The predicted octanol–water partition coefficient (Wildman–Crippen LogP) is 6.11. The van der Waals surface area contributed by atoms with E-state index in [4.69, 9.17) is 39.5 Å². The number of aryl methyl sites for hydroxylation is 1. The Morgan fingerprint density at radius 3 is 2.37 bits per heavy atom. The van der Waals surface area contributed by atoms with Gasteiger partial charge in [0.15, 0.2) is 6.61 Å². The van der Waals surface area contributed by atoms with Gasteiger partial charge in [-0.1, -0.05) is 71.2 Å². The van der Waals surface area contributed by atoms with Crippen molar-refractivity contribution in [3.63, 3.8) is 0 Å². The molecule has 0 bridgehead atoms. The molecule has 0 heterocycles. The first-order valence-electron chi connectivity index (χ1n) is 11.2. The lowest BCUT2D eigenvalue weighted by Gasteiger charge is -2.31. The molecule has 0 radical (unpaired) electrons. The number of hydrogen-bond donors (Lipinski definition) is 1. The van der Waals surface area contributed by atoms with E-state index < -0.39 is 6.04 Å². The number of nitrogens with one attached hydrogen (secondary N) is 1. The highest BCUT2D eigenvalue weighted by molar-refractivity contribution is 6.35. The second-order valence-corrected chi connectivity index (χ2v) is 9.31. The van der Waals surface area contributed by atoms with Gasteiger partial charge in [0.05, 0.1) is 0 Å². The average molecular weight is 534 g/mol. The quantitative estimate of drug-likeness (QED) is 0.342. The van der Waals surface area contributed by atoms with Crippen LogP contribution in [0, 0.1) is 6.92 Å². The first-order chi connectivity index (χ1) is 16.8. The summed E-state index contributed by atoms with van der Waals surface area (Å²) in [6.07, 6.45) is 0.337. The largest absolute Gasteiger partial charge is 0.484 e. The van der Waals surface area contributed by atoms with Crippen molar-refractivity contribution in [2.75, 3.05) is 13.2 Å². The second-order valence-electron chi connectivity index (χ2n) is 8.06. The van der Waals surface area contributed by atoms with Gasteiger partial charge in [0, 0.05) is 34.6 Å². The van der Waals surface area contributed by atoms with Crippen molar-refractivity contribution >= 4 is 46.6 Å². The minimum absolute atomic E-state index is 0.118. The standard InChI is InChI=1S/C27H27Cl3N2O3/c1-3-31-27(34)25(14-19-7-5-4-6-8-19)32(16-20-9-10-21(28)15-24(20)30)26(33)17-35-22-11-12-23(29)18(2)13-22/h4-13,15,25H,3,14,16-17H2,1-2H3,(H,31,34)/t25-/m1/s1. The van der Waals surface area contributed by atoms with Gasteiger partial charge < -0.3 is 15.0 Å². The fraction of sp³-hybridized carbons (Fsp3) is 0.259. The number of benzene rings is 3. The maximum absolute atomic E-state index is 13.5. The Balaban J connectivity index is 1.92. The van der Waals surface area contributed by atoms with Gasteiger partial charge in [-0.15, -0.1) is 0 Å². The van der Waals surface area contributed by atoms with Crippen molar-refractivity contribution in [3.8, 4) is 5.75 Å². The van der Waals surface area contributed by atoms with Gasteiger partial charge in [0.1, 0.15) is 11.8 Å². The van der Waals surface area contributed by atoms with Crippen LogP contribution in [0.4, 0.5) is 0 Å². The molecule has 0 saturated heterocycles. The van der Waals surface area contributed by atoms with E-state index in [1.807, 2.05) is 44.2 Å². The molecule has 184 valence electrons. The Morgan fingerprint density at radius 2 is 1.71 bits per heavy atom. The van der Waals surface area contributed by atoms with Crippen LogP contribution in [0.1, 0.15) is 23.6 Å². The number of nitrogens with zero attached hydrogens (tertiary/aromatic N) is 1. The zero-order chi connectivity index (χ0) is 25.4. The van der Waals surface area contributed by atoms with Crippen molar-refractivity contribution < 1.29 is 14.3 Å². The molecule has 8 heteroatoms. The van der Waals surface area contributed by atoms with E-state index in [0.717, 1.165) is 11.1 Å². The number of carbonyl (C=O) groups is 2. The Bertz CT molecular complexity index is 1170. The minimum Gasteiger partial charge on any atom is -0.484 e. The minimum atomic E-state index is -0.771. The van der Waals surface area contributed by atoms with E-state index in [0.29, 0.717) is 39.3 Å². The average Bonchev–Trinajstić information content (AvgIpc) is 2.84. The SMILES string of the molecule is CCNC(=O)[C@@H](Cc1ccccc1)N(Cc1ccc(Cl)cc1Cl)C(=O)COc1ccc(Cl)c(C)c1. The summed E-state index contributed by atoms with van der Waals surface area (Å²) in [7, 11) is 0. The molecule has 35 heavy (non-hydrogen) atoms. The van der Waals surface area contributed by atoms with E-state index in [2.05, 4.69) is 5.32 Å². The van der Waals surface area contributed by atoms with E-state index in [1.54, 1.807) is 36.4 Å². The van der Waals surface area contributed by atoms with Gasteiger partial charge in [-0.05, 0) is 60.9 Å². The van der Waals surface area contributed by atoms with E-state index in [9.17, 15) is 9.59 Å². The molecule has 0 aliphatic carbocycles. The summed E-state index contributed by atoms with van der Waals surface area (Å²) < 4.78 is 5.78. The highest BCUT2D eigenvalue weighted by Crippen LogP contribution is 2.25. The molecular formula is C27H27Cl3N2O3. The van der Waals surface area contributed by atoms with Crippen molar-refractivity contribution in [3.05, 3.63) is 98.5 Å². The molecule has 0 aliphatic rings. The molecule has 3 aromatic carbocycles. The molecule has 0 unspecified atom stereocenters. The summed E-state index contributed by atoms with van der Waals surface area (Å²) in [5, 5.41) is 4.37. The molecule has 5 nitrogen and oxygen atoms in total. The van der Waals surface area contributed by atoms with Crippen LogP contribution in [0.5, 0.6) is 5.75 Å². The van der Waals surface area contributed by atoms with Crippen LogP contribution in [0.2, 0.25) is 15.1 Å². The Kier molecular flexibility index (Phi) is 9.84. The van der Waals surface area contributed by atoms with Gasteiger partial charge in [0.2, 0.25) is 5.91 Å². The molecule has 0 aliphatic heterocycles. The molecular weight excluding hydrogens is 507 g/mol.